The van der Waals surface area contributed by atoms with Crippen molar-refractivity contribution in [3.05, 3.63) is 94.3 Å². The van der Waals surface area contributed by atoms with Crippen molar-refractivity contribution in [2.75, 3.05) is 30.0 Å². The molecule has 3 aromatic carbocycles. The molecule has 1 N–H and O–H groups in total. The SMILES string of the molecule is Cc1cccc(OCCCN2C(=O)COc3ccc(NC(=O)c4cc5ccccc5oc4=O)cc32)c1. The van der Waals surface area contributed by atoms with Crippen LogP contribution >= 0.6 is 0 Å². The highest BCUT2D eigenvalue weighted by Gasteiger charge is 2.26. The Labute approximate surface area is 207 Å². The second-order valence-electron chi connectivity index (χ2n) is 8.47. The number of anilines is 2. The van der Waals surface area contributed by atoms with E-state index in [0.717, 1.165) is 11.3 Å². The smallest absolute Gasteiger partial charge is 0.349 e. The largest absolute Gasteiger partial charge is 0.494 e. The fourth-order valence-corrected chi connectivity index (χ4v) is 4.06. The van der Waals surface area contributed by atoms with E-state index >= 15 is 0 Å². The van der Waals surface area contributed by atoms with Crippen molar-refractivity contribution in [3.63, 3.8) is 0 Å². The molecule has 8 heteroatoms. The first-order valence-electron chi connectivity index (χ1n) is 11.6. The maximum atomic E-state index is 12.9. The molecule has 0 saturated carbocycles. The van der Waals surface area contributed by atoms with Gasteiger partial charge in [0.15, 0.2) is 6.61 Å². The van der Waals surface area contributed by atoms with Crippen molar-refractivity contribution in [2.45, 2.75) is 13.3 Å². The van der Waals surface area contributed by atoms with Gasteiger partial charge in [0.2, 0.25) is 0 Å². The van der Waals surface area contributed by atoms with Gasteiger partial charge in [0.05, 0.1) is 12.3 Å². The van der Waals surface area contributed by atoms with Gasteiger partial charge in [-0.25, -0.2) is 4.79 Å². The summed E-state index contributed by atoms with van der Waals surface area (Å²) in [5.41, 5.74) is 1.66. The predicted molar refractivity (Wildman–Crippen MR) is 136 cm³/mol. The fraction of sp³-hybridized carbons (Fsp3) is 0.179. The number of para-hydroxylation sites is 1. The maximum absolute atomic E-state index is 12.9. The average Bonchev–Trinajstić information content (AvgIpc) is 2.87. The molecule has 2 heterocycles. The summed E-state index contributed by atoms with van der Waals surface area (Å²) in [5, 5.41) is 3.37. The van der Waals surface area contributed by atoms with Gasteiger partial charge in [-0.05, 0) is 61.4 Å². The second-order valence-corrected chi connectivity index (χ2v) is 8.47. The molecule has 4 aromatic rings. The quantitative estimate of drug-likeness (QED) is 0.305. The summed E-state index contributed by atoms with van der Waals surface area (Å²) < 4.78 is 16.6. The Kier molecular flexibility index (Phi) is 6.40. The highest BCUT2D eigenvalue weighted by atomic mass is 16.5. The van der Waals surface area contributed by atoms with Crippen LogP contribution in [0, 0.1) is 6.92 Å². The van der Waals surface area contributed by atoms with E-state index in [-0.39, 0.29) is 18.1 Å². The van der Waals surface area contributed by atoms with Gasteiger partial charge in [-0.3, -0.25) is 9.59 Å². The zero-order valence-electron chi connectivity index (χ0n) is 19.7. The Hall–Kier alpha value is -4.59. The number of aryl methyl sites for hydroxylation is 1. The van der Waals surface area contributed by atoms with Crippen LogP contribution in [0.1, 0.15) is 22.3 Å². The number of fused-ring (bicyclic) bond motifs is 2. The molecule has 0 atom stereocenters. The lowest BCUT2D eigenvalue weighted by Gasteiger charge is -2.29. The molecule has 182 valence electrons. The second kappa shape index (κ2) is 9.95. The standard InChI is InChI=1S/C28H24N2O6/c1-18-6-4-8-21(14-18)34-13-5-12-30-23-16-20(10-11-25(23)35-17-26(30)31)29-27(32)22-15-19-7-2-3-9-24(19)36-28(22)33/h2-4,6-11,14-16H,5,12-13,17H2,1H3,(H,29,32). The number of carbonyl (C=O) groups is 2. The molecular formula is C28H24N2O6. The normalized spacial score (nSPS) is 12.7. The van der Waals surface area contributed by atoms with E-state index in [1.165, 1.54) is 6.07 Å². The van der Waals surface area contributed by atoms with Crippen LogP contribution in [0.15, 0.2) is 82.0 Å². The van der Waals surface area contributed by atoms with E-state index in [4.69, 9.17) is 13.9 Å². The molecule has 1 aromatic heterocycles. The Morgan fingerprint density at radius 1 is 1.03 bits per heavy atom. The maximum Gasteiger partial charge on any atom is 0.349 e. The third kappa shape index (κ3) is 4.93. The van der Waals surface area contributed by atoms with Crippen molar-refractivity contribution in [2.24, 2.45) is 0 Å². The van der Waals surface area contributed by atoms with Crippen LogP contribution in [0.25, 0.3) is 11.0 Å². The van der Waals surface area contributed by atoms with Crippen LogP contribution in [-0.4, -0.2) is 31.6 Å². The predicted octanol–water partition coefficient (Wildman–Crippen LogP) is 4.55. The number of ether oxygens (including phenoxy) is 2. The van der Waals surface area contributed by atoms with E-state index in [0.29, 0.717) is 47.7 Å². The summed E-state index contributed by atoms with van der Waals surface area (Å²) in [6.45, 7) is 2.80. The number of nitrogens with one attached hydrogen (secondary N) is 1. The molecule has 0 aliphatic carbocycles. The molecule has 1 aliphatic rings. The van der Waals surface area contributed by atoms with Gasteiger partial charge in [-0.2, -0.15) is 0 Å². The van der Waals surface area contributed by atoms with Crippen LogP contribution in [-0.2, 0) is 4.79 Å². The molecule has 0 spiro atoms. The Bertz CT molecular complexity index is 1510. The van der Waals surface area contributed by atoms with Crippen molar-refractivity contribution >= 4 is 34.2 Å². The van der Waals surface area contributed by atoms with Crippen LogP contribution in [0.4, 0.5) is 11.4 Å². The number of amides is 2. The fourth-order valence-electron chi connectivity index (χ4n) is 4.06. The average molecular weight is 485 g/mol. The van der Waals surface area contributed by atoms with Crippen molar-refractivity contribution in [1.82, 2.24) is 0 Å². The van der Waals surface area contributed by atoms with E-state index in [2.05, 4.69) is 5.32 Å². The van der Waals surface area contributed by atoms with E-state index in [1.54, 1.807) is 47.4 Å². The molecule has 1 aliphatic heterocycles. The van der Waals surface area contributed by atoms with Crippen molar-refractivity contribution < 1.29 is 23.5 Å². The highest BCUT2D eigenvalue weighted by Crippen LogP contribution is 2.35. The molecule has 0 fully saturated rings. The van der Waals surface area contributed by atoms with Gasteiger partial charge in [0, 0.05) is 17.6 Å². The minimum Gasteiger partial charge on any atom is -0.494 e. The highest BCUT2D eigenvalue weighted by molar-refractivity contribution is 6.06. The molecular weight excluding hydrogens is 460 g/mol. The van der Waals surface area contributed by atoms with Gasteiger partial charge in [-0.15, -0.1) is 0 Å². The minimum atomic E-state index is -0.724. The lowest BCUT2D eigenvalue weighted by molar-refractivity contribution is -0.121. The third-order valence-corrected chi connectivity index (χ3v) is 5.83. The molecule has 0 unspecified atom stereocenters. The van der Waals surface area contributed by atoms with Crippen LogP contribution in [0.2, 0.25) is 0 Å². The van der Waals surface area contributed by atoms with Crippen molar-refractivity contribution in [1.29, 1.82) is 0 Å². The molecule has 0 radical (unpaired) electrons. The Morgan fingerprint density at radius 2 is 1.89 bits per heavy atom. The van der Waals surface area contributed by atoms with E-state index in [9.17, 15) is 14.4 Å². The van der Waals surface area contributed by atoms with Crippen LogP contribution < -0.4 is 25.3 Å². The number of benzene rings is 3. The summed E-state index contributed by atoms with van der Waals surface area (Å²) in [4.78, 5) is 39.4. The molecule has 0 saturated heterocycles. The first-order chi connectivity index (χ1) is 17.5. The zero-order valence-corrected chi connectivity index (χ0v) is 19.7. The Morgan fingerprint density at radius 3 is 2.75 bits per heavy atom. The Balaban J connectivity index is 1.30. The minimum absolute atomic E-state index is 0.0599. The molecule has 2 amide bonds. The summed E-state index contributed by atoms with van der Waals surface area (Å²) >= 11 is 0. The number of carbonyl (C=O) groups excluding carboxylic acids is 2. The van der Waals surface area contributed by atoms with Gasteiger partial charge in [-0.1, -0.05) is 30.3 Å². The van der Waals surface area contributed by atoms with Gasteiger partial charge in [0.1, 0.15) is 22.6 Å². The zero-order chi connectivity index (χ0) is 25.1. The molecule has 5 rings (SSSR count). The first-order valence-corrected chi connectivity index (χ1v) is 11.6. The third-order valence-electron chi connectivity index (χ3n) is 5.83. The first kappa shape index (κ1) is 23.2. The topological polar surface area (TPSA) is 98.1 Å². The summed E-state index contributed by atoms with van der Waals surface area (Å²) in [6.07, 6.45) is 0.605. The van der Waals surface area contributed by atoms with Gasteiger partial charge >= 0.3 is 5.63 Å². The number of hydrogen-bond acceptors (Lipinski definition) is 6. The molecule has 0 bridgehead atoms. The summed E-state index contributed by atoms with van der Waals surface area (Å²) in [6, 6.07) is 21.3. The van der Waals surface area contributed by atoms with Gasteiger partial charge in [0.25, 0.3) is 11.8 Å². The number of rotatable bonds is 7. The van der Waals surface area contributed by atoms with E-state index < -0.39 is 11.5 Å². The van der Waals surface area contributed by atoms with E-state index in [1.807, 2.05) is 31.2 Å². The van der Waals surface area contributed by atoms with Crippen LogP contribution in [0.3, 0.4) is 0 Å². The lowest BCUT2D eigenvalue weighted by atomic mass is 10.1. The summed E-state index contributed by atoms with van der Waals surface area (Å²) in [5.74, 6) is 0.539. The van der Waals surface area contributed by atoms with Crippen LogP contribution in [0.5, 0.6) is 11.5 Å². The monoisotopic (exact) mass is 484 g/mol. The molecule has 8 nitrogen and oxygen atoms in total. The number of nitrogens with zero attached hydrogens (tertiary/aromatic N) is 1. The number of hydrogen-bond donors (Lipinski definition) is 1. The summed E-state index contributed by atoms with van der Waals surface area (Å²) in [7, 11) is 0. The van der Waals surface area contributed by atoms with Crippen molar-refractivity contribution in [3.8, 4) is 11.5 Å². The van der Waals surface area contributed by atoms with Gasteiger partial charge < -0.3 is 24.1 Å². The lowest BCUT2D eigenvalue weighted by Crippen LogP contribution is -2.39. The molecule has 36 heavy (non-hydrogen) atoms.